The van der Waals surface area contributed by atoms with Crippen LogP contribution in [0.5, 0.6) is 0 Å². The van der Waals surface area contributed by atoms with Gasteiger partial charge in [-0.3, -0.25) is 9.69 Å². The molecule has 0 aliphatic carbocycles. The minimum Gasteiger partial charge on any atom is -0.444 e. The van der Waals surface area contributed by atoms with Crippen LogP contribution in [0.3, 0.4) is 0 Å². The molecule has 28 heavy (non-hydrogen) atoms. The van der Waals surface area contributed by atoms with Gasteiger partial charge in [0, 0.05) is 43.9 Å². The van der Waals surface area contributed by atoms with E-state index in [1.165, 1.54) is 6.39 Å². The number of hydrogen-bond donors (Lipinski definition) is 0. The Bertz CT molecular complexity index is 950. The minimum atomic E-state index is 0.0459. The van der Waals surface area contributed by atoms with Gasteiger partial charge in [0.25, 0.3) is 5.91 Å². The SMILES string of the molecule is O=C(c1ccc(-c2cnco2)cc1)N1CCN(Cc2cccc(Cl)c2Cl)CC1. The van der Waals surface area contributed by atoms with Gasteiger partial charge in [-0.15, -0.1) is 0 Å². The fraction of sp³-hybridized carbons (Fsp3) is 0.238. The molecule has 1 saturated heterocycles. The van der Waals surface area contributed by atoms with Crippen LogP contribution in [0.25, 0.3) is 11.3 Å². The lowest BCUT2D eigenvalue weighted by molar-refractivity contribution is 0.0628. The van der Waals surface area contributed by atoms with Gasteiger partial charge < -0.3 is 9.32 Å². The predicted molar refractivity (Wildman–Crippen MR) is 110 cm³/mol. The van der Waals surface area contributed by atoms with E-state index in [-0.39, 0.29) is 5.91 Å². The maximum Gasteiger partial charge on any atom is 0.253 e. The summed E-state index contributed by atoms with van der Waals surface area (Å²) in [6.45, 7) is 3.69. The molecule has 2 heterocycles. The van der Waals surface area contributed by atoms with Gasteiger partial charge in [0.1, 0.15) is 0 Å². The Kier molecular flexibility index (Phi) is 5.67. The van der Waals surface area contributed by atoms with Crippen LogP contribution in [0.1, 0.15) is 15.9 Å². The summed E-state index contributed by atoms with van der Waals surface area (Å²) in [5.41, 5.74) is 2.59. The standard InChI is InChI=1S/C21H19Cl2N3O2/c22-18-3-1-2-17(20(18)23)13-25-8-10-26(11-9-25)21(27)16-6-4-15(5-7-16)19-12-24-14-28-19/h1-7,12,14H,8-11,13H2. The molecule has 0 saturated carbocycles. The molecule has 0 spiro atoms. The average molecular weight is 416 g/mol. The Morgan fingerprint density at radius 1 is 1.04 bits per heavy atom. The average Bonchev–Trinajstić information content (AvgIpc) is 3.26. The topological polar surface area (TPSA) is 49.6 Å². The summed E-state index contributed by atoms with van der Waals surface area (Å²) < 4.78 is 5.28. The van der Waals surface area contributed by atoms with Crippen molar-refractivity contribution in [3.63, 3.8) is 0 Å². The van der Waals surface area contributed by atoms with Crippen LogP contribution in [-0.4, -0.2) is 46.9 Å². The zero-order valence-electron chi connectivity index (χ0n) is 15.1. The third-order valence-electron chi connectivity index (χ3n) is 4.93. The largest absolute Gasteiger partial charge is 0.444 e. The van der Waals surface area contributed by atoms with Crippen LogP contribution >= 0.6 is 23.2 Å². The van der Waals surface area contributed by atoms with E-state index in [0.29, 0.717) is 34.5 Å². The number of hydrogen-bond acceptors (Lipinski definition) is 4. The molecule has 1 amide bonds. The minimum absolute atomic E-state index is 0.0459. The number of aromatic nitrogens is 1. The van der Waals surface area contributed by atoms with Crippen molar-refractivity contribution in [2.75, 3.05) is 26.2 Å². The molecule has 0 atom stereocenters. The fourth-order valence-electron chi connectivity index (χ4n) is 3.34. The molecule has 1 aliphatic heterocycles. The first-order valence-corrected chi connectivity index (χ1v) is 9.81. The van der Waals surface area contributed by atoms with Crippen molar-refractivity contribution in [2.45, 2.75) is 6.54 Å². The predicted octanol–water partition coefficient (Wildman–Crippen LogP) is 4.61. The Morgan fingerprint density at radius 3 is 2.46 bits per heavy atom. The molecule has 0 radical (unpaired) electrons. The van der Waals surface area contributed by atoms with Crippen molar-refractivity contribution in [3.05, 3.63) is 76.2 Å². The van der Waals surface area contributed by atoms with Crippen molar-refractivity contribution in [2.24, 2.45) is 0 Å². The molecule has 0 N–H and O–H groups in total. The van der Waals surface area contributed by atoms with E-state index in [9.17, 15) is 4.79 Å². The second kappa shape index (κ2) is 8.35. The Hall–Kier alpha value is -2.34. The summed E-state index contributed by atoms with van der Waals surface area (Å²) >= 11 is 12.4. The zero-order chi connectivity index (χ0) is 19.5. The summed E-state index contributed by atoms with van der Waals surface area (Å²) in [4.78, 5) is 20.9. The summed E-state index contributed by atoms with van der Waals surface area (Å²) in [5, 5.41) is 1.18. The maximum absolute atomic E-state index is 12.8. The number of benzene rings is 2. The van der Waals surface area contributed by atoms with Gasteiger partial charge in [-0.05, 0) is 23.8 Å². The van der Waals surface area contributed by atoms with Gasteiger partial charge in [0.2, 0.25) is 0 Å². The Labute approximate surface area is 173 Å². The Morgan fingerprint density at radius 2 is 1.79 bits per heavy atom. The molecule has 2 aromatic carbocycles. The number of oxazole rings is 1. The van der Waals surface area contributed by atoms with Crippen molar-refractivity contribution in [1.29, 1.82) is 0 Å². The summed E-state index contributed by atoms with van der Waals surface area (Å²) in [7, 11) is 0. The molecule has 1 aliphatic rings. The molecule has 0 unspecified atom stereocenters. The highest BCUT2D eigenvalue weighted by Crippen LogP contribution is 2.27. The van der Waals surface area contributed by atoms with E-state index < -0.39 is 0 Å². The smallest absolute Gasteiger partial charge is 0.253 e. The zero-order valence-corrected chi connectivity index (χ0v) is 16.7. The molecular formula is C21H19Cl2N3O2. The van der Waals surface area contributed by atoms with Crippen LogP contribution < -0.4 is 0 Å². The lowest BCUT2D eigenvalue weighted by Gasteiger charge is -2.35. The highest BCUT2D eigenvalue weighted by atomic mass is 35.5. The van der Waals surface area contributed by atoms with Crippen LogP contribution in [0.4, 0.5) is 0 Å². The van der Waals surface area contributed by atoms with E-state index in [0.717, 1.165) is 30.8 Å². The first-order chi connectivity index (χ1) is 13.6. The number of rotatable bonds is 4. The highest BCUT2D eigenvalue weighted by Gasteiger charge is 2.23. The van der Waals surface area contributed by atoms with E-state index in [1.54, 1.807) is 12.3 Å². The van der Waals surface area contributed by atoms with E-state index in [1.807, 2.05) is 41.3 Å². The number of carbonyl (C=O) groups excluding carboxylic acids is 1. The normalized spacial score (nSPS) is 15.0. The van der Waals surface area contributed by atoms with Gasteiger partial charge in [-0.2, -0.15) is 0 Å². The van der Waals surface area contributed by atoms with Crippen molar-refractivity contribution in [3.8, 4) is 11.3 Å². The quantitative estimate of drug-likeness (QED) is 0.624. The van der Waals surface area contributed by atoms with E-state index >= 15 is 0 Å². The number of halogens is 2. The maximum atomic E-state index is 12.8. The molecule has 1 aromatic heterocycles. The molecule has 5 nitrogen and oxygen atoms in total. The van der Waals surface area contributed by atoms with E-state index in [2.05, 4.69) is 9.88 Å². The molecule has 7 heteroatoms. The summed E-state index contributed by atoms with van der Waals surface area (Å²) in [6, 6.07) is 13.1. The van der Waals surface area contributed by atoms with Crippen LogP contribution in [0.15, 0.2) is 59.5 Å². The molecule has 144 valence electrons. The second-order valence-electron chi connectivity index (χ2n) is 6.72. The first-order valence-electron chi connectivity index (χ1n) is 9.05. The third kappa shape index (κ3) is 4.07. The lowest BCUT2D eigenvalue weighted by Crippen LogP contribution is -2.48. The van der Waals surface area contributed by atoms with E-state index in [4.69, 9.17) is 27.6 Å². The third-order valence-corrected chi connectivity index (χ3v) is 5.79. The number of carbonyl (C=O) groups is 1. The highest BCUT2D eigenvalue weighted by molar-refractivity contribution is 6.42. The van der Waals surface area contributed by atoms with Crippen molar-refractivity contribution < 1.29 is 9.21 Å². The first kappa shape index (κ1) is 19.0. The molecule has 3 aromatic rings. The van der Waals surface area contributed by atoms with Gasteiger partial charge in [0.05, 0.1) is 16.2 Å². The van der Waals surface area contributed by atoms with Crippen LogP contribution in [-0.2, 0) is 6.54 Å². The fourth-order valence-corrected chi connectivity index (χ4v) is 3.72. The molecule has 0 bridgehead atoms. The second-order valence-corrected chi connectivity index (χ2v) is 7.51. The van der Waals surface area contributed by atoms with Crippen LogP contribution in [0.2, 0.25) is 10.0 Å². The lowest BCUT2D eigenvalue weighted by atomic mass is 10.1. The molecular weight excluding hydrogens is 397 g/mol. The number of nitrogens with zero attached hydrogens (tertiary/aromatic N) is 3. The van der Waals surface area contributed by atoms with Gasteiger partial charge in [-0.1, -0.05) is 47.5 Å². The van der Waals surface area contributed by atoms with Crippen LogP contribution in [0, 0.1) is 0 Å². The van der Waals surface area contributed by atoms with Gasteiger partial charge in [-0.25, -0.2) is 4.98 Å². The summed E-state index contributed by atoms with van der Waals surface area (Å²) in [5.74, 6) is 0.733. The van der Waals surface area contributed by atoms with Gasteiger partial charge in [0.15, 0.2) is 12.2 Å². The molecule has 4 rings (SSSR count). The number of piperazine rings is 1. The number of amides is 1. The van der Waals surface area contributed by atoms with Crippen molar-refractivity contribution in [1.82, 2.24) is 14.8 Å². The monoisotopic (exact) mass is 415 g/mol. The summed E-state index contributed by atoms with van der Waals surface area (Å²) in [6.07, 6.45) is 3.05. The van der Waals surface area contributed by atoms with Crippen molar-refractivity contribution >= 4 is 29.1 Å². The molecule has 1 fully saturated rings. The Balaban J connectivity index is 1.35. The van der Waals surface area contributed by atoms with Gasteiger partial charge >= 0.3 is 0 Å².